The van der Waals surface area contributed by atoms with Gasteiger partial charge in [-0.2, -0.15) is 0 Å². The highest BCUT2D eigenvalue weighted by atomic mass is 79.9. The van der Waals surface area contributed by atoms with Gasteiger partial charge in [0.2, 0.25) is 0 Å². The molecule has 1 saturated heterocycles. The van der Waals surface area contributed by atoms with E-state index in [9.17, 15) is 9.59 Å². The second-order valence-electron chi connectivity index (χ2n) is 6.67. The van der Waals surface area contributed by atoms with Crippen molar-refractivity contribution in [2.45, 2.75) is 26.2 Å². The lowest BCUT2D eigenvalue weighted by atomic mass is 10.1. The summed E-state index contributed by atoms with van der Waals surface area (Å²) in [6, 6.07) is 10.5. The van der Waals surface area contributed by atoms with E-state index in [2.05, 4.69) is 15.9 Å². The highest BCUT2D eigenvalue weighted by molar-refractivity contribution is 9.10. The molecule has 0 bridgehead atoms. The molecule has 2 aromatic rings. The van der Waals surface area contributed by atoms with Crippen LogP contribution in [0.1, 0.15) is 25.0 Å². The van der Waals surface area contributed by atoms with Gasteiger partial charge >= 0.3 is 11.9 Å². The first-order chi connectivity index (χ1) is 13.7. The lowest BCUT2D eigenvalue weighted by molar-refractivity contribution is -0.222. The summed E-state index contributed by atoms with van der Waals surface area (Å²) in [6.07, 6.45) is 1.41. The highest BCUT2D eigenvalue weighted by Crippen LogP contribution is 2.30. The number of carbonyl (C=O) groups excluding carboxylic acids is 2. The minimum atomic E-state index is -1.28. The number of hydrogen-bond donors (Lipinski definition) is 0. The van der Waals surface area contributed by atoms with Gasteiger partial charge in [0.15, 0.2) is 0 Å². The van der Waals surface area contributed by atoms with Crippen LogP contribution in [0.3, 0.4) is 0 Å². The van der Waals surface area contributed by atoms with E-state index in [4.69, 9.17) is 30.5 Å². The van der Waals surface area contributed by atoms with Crippen molar-refractivity contribution >= 4 is 45.5 Å². The predicted octanol–water partition coefficient (Wildman–Crippen LogP) is 4.91. The number of halogens is 2. The lowest BCUT2D eigenvalue weighted by Crippen LogP contribution is -2.41. The molecule has 0 aliphatic carbocycles. The van der Waals surface area contributed by atoms with E-state index >= 15 is 0 Å². The number of esters is 2. The van der Waals surface area contributed by atoms with Crippen LogP contribution in [0.15, 0.2) is 46.4 Å². The maximum atomic E-state index is 12.1. The van der Waals surface area contributed by atoms with E-state index < -0.39 is 17.7 Å². The molecule has 2 aromatic carbocycles. The average molecular weight is 482 g/mol. The first kappa shape index (κ1) is 21.2. The minimum absolute atomic E-state index is 0.170. The van der Waals surface area contributed by atoms with E-state index in [-0.39, 0.29) is 12.2 Å². The van der Waals surface area contributed by atoms with E-state index in [1.54, 1.807) is 37.4 Å². The van der Waals surface area contributed by atoms with Crippen LogP contribution in [0, 0.1) is 0 Å². The monoisotopic (exact) mass is 480 g/mol. The van der Waals surface area contributed by atoms with Crippen LogP contribution in [0.25, 0.3) is 6.08 Å². The van der Waals surface area contributed by atoms with Crippen LogP contribution in [0.4, 0.5) is 0 Å². The van der Waals surface area contributed by atoms with Gasteiger partial charge in [-0.3, -0.25) is 0 Å². The molecule has 0 spiro atoms. The molecule has 1 heterocycles. The Bertz CT molecular complexity index is 977. The fourth-order valence-corrected chi connectivity index (χ4v) is 3.42. The summed E-state index contributed by atoms with van der Waals surface area (Å²) in [5, 5.41) is 0.465. The zero-order valence-corrected chi connectivity index (χ0v) is 18.3. The van der Waals surface area contributed by atoms with Gasteiger partial charge in [-0.25, -0.2) is 9.59 Å². The molecule has 1 aliphatic rings. The average Bonchev–Trinajstić information content (AvgIpc) is 2.63. The van der Waals surface area contributed by atoms with Crippen LogP contribution in [0.2, 0.25) is 5.02 Å². The number of carbonyl (C=O) groups is 2. The molecule has 0 amide bonds. The first-order valence-electron chi connectivity index (χ1n) is 8.61. The number of cyclic esters (lactones) is 2. The van der Waals surface area contributed by atoms with Crippen molar-refractivity contribution < 1.29 is 28.5 Å². The number of methoxy groups -OCH3 is 1. The van der Waals surface area contributed by atoms with Crippen molar-refractivity contribution in [3.05, 3.63) is 62.6 Å². The summed E-state index contributed by atoms with van der Waals surface area (Å²) < 4.78 is 22.2. The van der Waals surface area contributed by atoms with Gasteiger partial charge in [0.1, 0.15) is 23.7 Å². The summed E-state index contributed by atoms with van der Waals surface area (Å²) in [5.41, 5.74) is 1.12. The highest BCUT2D eigenvalue weighted by Gasteiger charge is 2.38. The van der Waals surface area contributed by atoms with Gasteiger partial charge in [0, 0.05) is 23.9 Å². The van der Waals surface area contributed by atoms with Gasteiger partial charge in [0.25, 0.3) is 5.79 Å². The van der Waals surface area contributed by atoms with Crippen LogP contribution >= 0.6 is 27.5 Å². The Morgan fingerprint density at radius 3 is 2.34 bits per heavy atom. The Morgan fingerprint density at radius 2 is 1.72 bits per heavy atom. The SMILES string of the molecule is COc1ccc(C=C2C(=O)OC(C)(C)OC2=O)cc1COc1ccc(Br)cc1Cl. The van der Waals surface area contributed by atoms with Crippen molar-refractivity contribution in [2.75, 3.05) is 7.11 Å². The van der Waals surface area contributed by atoms with Gasteiger partial charge in [-0.05, 0) is 42.0 Å². The third-order valence-corrected chi connectivity index (χ3v) is 4.80. The van der Waals surface area contributed by atoms with Gasteiger partial charge in [0.05, 0.1) is 12.1 Å². The molecule has 1 aliphatic heterocycles. The zero-order chi connectivity index (χ0) is 21.2. The number of benzene rings is 2. The molecule has 0 saturated carbocycles. The van der Waals surface area contributed by atoms with Crippen molar-refractivity contribution in [3.63, 3.8) is 0 Å². The standard InChI is InChI=1S/C21H18BrClO6/c1-21(2)28-19(24)15(20(25)29-21)9-12-4-6-17(26-3)13(8-12)11-27-18-7-5-14(22)10-16(18)23/h4-10H,11H2,1-3H3. The largest absolute Gasteiger partial charge is 0.496 e. The molecular weight excluding hydrogens is 464 g/mol. The summed E-state index contributed by atoms with van der Waals surface area (Å²) in [7, 11) is 1.54. The maximum absolute atomic E-state index is 12.1. The van der Waals surface area contributed by atoms with Gasteiger partial charge in [-0.15, -0.1) is 0 Å². The Labute approximate surface area is 181 Å². The Morgan fingerprint density at radius 1 is 1.07 bits per heavy atom. The topological polar surface area (TPSA) is 71.1 Å². The normalized spacial score (nSPS) is 15.4. The molecule has 0 radical (unpaired) electrons. The number of hydrogen-bond acceptors (Lipinski definition) is 6. The van der Waals surface area contributed by atoms with E-state index in [0.29, 0.717) is 27.6 Å². The molecule has 152 valence electrons. The quantitative estimate of drug-likeness (QED) is 0.343. The Kier molecular flexibility index (Phi) is 6.19. The first-order valence-corrected chi connectivity index (χ1v) is 9.79. The predicted molar refractivity (Wildman–Crippen MR) is 111 cm³/mol. The summed E-state index contributed by atoms with van der Waals surface area (Å²) in [5.74, 6) is -1.64. The molecule has 0 aromatic heterocycles. The van der Waals surface area contributed by atoms with E-state index in [1.807, 2.05) is 6.07 Å². The smallest absolute Gasteiger partial charge is 0.348 e. The van der Waals surface area contributed by atoms with Crippen LogP contribution in [0.5, 0.6) is 11.5 Å². The van der Waals surface area contributed by atoms with Crippen LogP contribution < -0.4 is 9.47 Å². The molecule has 0 N–H and O–H groups in total. The molecule has 3 rings (SSSR count). The maximum Gasteiger partial charge on any atom is 0.348 e. The lowest BCUT2D eigenvalue weighted by Gasteiger charge is -2.29. The van der Waals surface area contributed by atoms with E-state index in [0.717, 1.165) is 4.47 Å². The summed E-state index contributed by atoms with van der Waals surface area (Å²) in [6.45, 7) is 3.16. The van der Waals surface area contributed by atoms with Gasteiger partial charge < -0.3 is 18.9 Å². The Hall–Kier alpha value is -2.51. The van der Waals surface area contributed by atoms with Crippen LogP contribution in [-0.2, 0) is 25.7 Å². The molecule has 0 unspecified atom stereocenters. The second-order valence-corrected chi connectivity index (χ2v) is 7.99. The fraction of sp³-hybridized carbons (Fsp3) is 0.238. The molecule has 29 heavy (non-hydrogen) atoms. The second kappa shape index (κ2) is 8.47. The fourth-order valence-electron chi connectivity index (χ4n) is 2.69. The van der Waals surface area contributed by atoms with E-state index in [1.165, 1.54) is 19.9 Å². The van der Waals surface area contributed by atoms with Crippen molar-refractivity contribution in [3.8, 4) is 11.5 Å². The van der Waals surface area contributed by atoms with Crippen molar-refractivity contribution in [1.82, 2.24) is 0 Å². The minimum Gasteiger partial charge on any atom is -0.496 e. The molecule has 6 nitrogen and oxygen atoms in total. The third-order valence-electron chi connectivity index (χ3n) is 4.01. The van der Waals surface area contributed by atoms with Crippen LogP contribution in [-0.4, -0.2) is 24.8 Å². The molecule has 8 heteroatoms. The Balaban J connectivity index is 1.85. The third kappa shape index (κ3) is 5.10. The summed E-state index contributed by atoms with van der Waals surface area (Å²) in [4.78, 5) is 24.3. The molecule has 1 fully saturated rings. The number of rotatable bonds is 5. The van der Waals surface area contributed by atoms with Crippen molar-refractivity contribution in [1.29, 1.82) is 0 Å². The van der Waals surface area contributed by atoms with Gasteiger partial charge in [-0.1, -0.05) is 33.6 Å². The number of ether oxygens (including phenoxy) is 4. The molecular formula is C21H18BrClO6. The summed E-state index contributed by atoms with van der Waals surface area (Å²) >= 11 is 9.53. The van der Waals surface area contributed by atoms with Crippen molar-refractivity contribution in [2.24, 2.45) is 0 Å². The molecule has 0 atom stereocenters. The zero-order valence-electron chi connectivity index (χ0n) is 16.0.